The fraction of sp³-hybridized carbons (Fsp3) is 0.429. The van der Waals surface area contributed by atoms with Crippen molar-refractivity contribution in [1.29, 1.82) is 0 Å². The number of benzene rings is 1. The van der Waals surface area contributed by atoms with E-state index in [0.717, 1.165) is 6.07 Å². The number of nitrogens with zero attached hydrogens (tertiary/aromatic N) is 1. The first-order valence-corrected chi connectivity index (χ1v) is 12.3. The van der Waals surface area contributed by atoms with Gasteiger partial charge in [0, 0.05) is 12.5 Å². The summed E-state index contributed by atoms with van der Waals surface area (Å²) in [4.78, 5) is 15.4. The summed E-state index contributed by atoms with van der Waals surface area (Å²) >= 11 is 6.05. The van der Waals surface area contributed by atoms with Gasteiger partial charge >= 0.3 is 6.18 Å². The van der Waals surface area contributed by atoms with Crippen LogP contribution in [0.5, 0.6) is 0 Å². The Labute approximate surface area is 197 Å². The van der Waals surface area contributed by atoms with Gasteiger partial charge in [-0.05, 0) is 43.4 Å². The number of pyridine rings is 1. The zero-order valence-corrected chi connectivity index (χ0v) is 19.2. The average Bonchev–Trinajstić information content (AvgIpc) is 2.74. The van der Waals surface area contributed by atoms with Crippen LogP contribution in [0.3, 0.4) is 0 Å². The van der Waals surface area contributed by atoms with Gasteiger partial charge in [0.2, 0.25) is 0 Å². The second-order valence-corrected chi connectivity index (χ2v) is 10.5. The van der Waals surface area contributed by atoms with Crippen molar-refractivity contribution in [2.24, 2.45) is 0 Å². The SMILES string of the molecule is CS(=O)(=O)c1cnc(C(F)(F)F)cc1C(=O)NC(c1cccc(F)c1Cl)[C@]1(O)CC[C@H](F)CC1. The second kappa shape index (κ2) is 9.38. The monoisotopic (exact) mass is 526 g/mol. The van der Waals surface area contributed by atoms with Crippen LogP contribution in [0, 0.1) is 5.82 Å². The molecule has 0 bridgehead atoms. The van der Waals surface area contributed by atoms with Gasteiger partial charge in [0.25, 0.3) is 5.91 Å². The molecule has 1 fully saturated rings. The number of aromatic nitrogens is 1. The highest BCUT2D eigenvalue weighted by atomic mass is 35.5. The maximum absolute atomic E-state index is 14.2. The van der Waals surface area contributed by atoms with E-state index in [1.165, 1.54) is 12.1 Å². The van der Waals surface area contributed by atoms with E-state index in [1.807, 2.05) is 0 Å². The number of carbonyl (C=O) groups excluding carboxylic acids is 1. The molecular formula is C21H20ClF5N2O4S. The molecule has 0 radical (unpaired) electrons. The van der Waals surface area contributed by atoms with Crippen LogP contribution < -0.4 is 5.32 Å². The van der Waals surface area contributed by atoms with Gasteiger partial charge in [-0.2, -0.15) is 13.2 Å². The number of halogens is 6. The van der Waals surface area contributed by atoms with E-state index < -0.39 is 66.7 Å². The molecule has 0 aliphatic heterocycles. The summed E-state index contributed by atoms with van der Waals surface area (Å²) in [6.45, 7) is 0. The van der Waals surface area contributed by atoms with Crippen molar-refractivity contribution in [2.75, 3.05) is 6.26 Å². The fourth-order valence-electron chi connectivity index (χ4n) is 3.90. The Morgan fingerprint density at radius 3 is 2.47 bits per heavy atom. The molecule has 6 nitrogen and oxygen atoms in total. The van der Waals surface area contributed by atoms with Crippen LogP contribution in [0.1, 0.15) is 53.3 Å². The second-order valence-electron chi connectivity index (χ2n) is 8.16. The number of nitrogens with one attached hydrogen (secondary N) is 1. The molecule has 3 rings (SSSR count). The lowest BCUT2D eigenvalue weighted by atomic mass is 9.76. The fourth-order valence-corrected chi connectivity index (χ4v) is 4.93. The van der Waals surface area contributed by atoms with Crippen molar-refractivity contribution < 1.29 is 40.3 Å². The van der Waals surface area contributed by atoms with Crippen molar-refractivity contribution in [3.63, 3.8) is 0 Å². The average molecular weight is 527 g/mol. The van der Waals surface area contributed by atoms with Crippen molar-refractivity contribution >= 4 is 27.3 Å². The lowest BCUT2D eigenvalue weighted by Gasteiger charge is -2.41. The third-order valence-corrected chi connectivity index (χ3v) is 7.21. The smallest absolute Gasteiger partial charge is 0.387 e. The quantitative estimate of drug-likeness (QED) is 0.563. The number of hydrogen-bond acceptors (Lipinski definition) is 5. The van der Waals surface area contributed by atoms with Gasteiger partial charge < -0.3 is 10.4 Å². The first-order chi connectivity index (χ1) is 15.6. The molecule has 13 heteroatoms. The summed E-state index contributed by atoms with van der Waals surface area (Å²) < 4.78 is 91.7. The number of carbonyl (C=O) groups is 1. The van der Waals surface area contributed by atoms with Crippen LogP contribution >= 0.6 is 11.6 Å². The van der Waals surface area contributed by atoms with Crippen LogP contribution in [-0.4, -0.2) is 42.4 Å². The van der Waals surface area contributed by atoms with E-state index in [1.54, 1.807) is 0 Å². The van der Waals surface area contributed by atoms with E-state index in [0.29, 0.717) is 12.5 Å². The molecule has 1 aromatic carbocycles. The molecule has 1 atom stereocenters. The summed E-state index contributed by atoms with van der Waals surface area (Å²) in [5.41, 5.74) is -4.31. The van der Waals surface area contributed by atoms with Gasteiger partial charge in [-0.1, -0.05) is 23.7 Å². The van der Waals surface area contributed by atoms with Crippen molar-refractivity contribution in [3.05, 3.63) is 58.1 Å². The van der Waals surface area contributed by atoms with E-state index in [4.69, 9.17) is 11.6 Å². The lowest BCUT2D eigenvalue weighted by Crippen LogP contribution is -2.49. The molecule has 1 heterocycles. The predicted octanol–water partition coefficient (Wildman–Crippen LogP) is 4.41. The third-order valence-electron chi connectivity index (χ3n) is 5.69. The molecule has 1 saturated carbocycles. The largest absolute Gasteiger partial charge is 0.433 e. The molecule has 186 valence electrons. The maximum atomic E-state index is 14.2. The van der Waals surface area contributed by atoms with Gasteiger partial charge in [-0.25, -0.2) is 17.2 Å². The van der Waals surface area contributed by atoms with E-state index in [-0.39, 0.29) is 37.3 Å². The van der Waals surface area contributed by atoms with Crippen molar-refractivity contribution in [1.82, 2.24) is 10.3 Å². The number of sulfone groups is 1. The van der Waals surface area contributed by atoms with Crippen molar-refractivity contribution in [2.45, 2.75) is 54.6 Å². The topological polar surface area (TPSA) is 96.4 Å². The summed E-state index contributed by atoms with van der Waals surface area (Å²) in [6.07, 6.45) is -5.61. The van der Waals surface area contributed by atoms with E-state index in [9.17, 15) is 40.3 Å². The minimum Gasteiger partial charge on any atom is -0.387 e. The Morgan fingerprint density at radius 2 is 1.91 bits per heavy atom. The van der Waals surface area contributed by atoms with Gasteiger partial charge in [-0.15, -0.1) is 0 Å². The first kappa shape index (κ1) is 26.3. The Bertz CT molecular complexity index is 1200. The number of hydrogen-bond donors (Lipinski definition) is 2. The lowest BCUT2D eigenvalue weighted by molar-refractivity contribution is -0.141. The summed E-state index contributed by atoms with van der Waals surface area (Å²) in [7, 11) is -4.19. The molecule has 0 spiro atoms. The summed E-state index contributed by atoms with van der Waals surface area (Å²) in [6, 6.07) is 2.36. The van der Waals surface area contributed by atoms with Gasteiger partial charge in [0.05, 0.1) is 27.1 Å². The molecule has 1 aliphatic carbocycles. The highest BCUT2D eigenvalue weighted by Gasteiger charge is 2.44. The Hall–Kier alpha value is -2.31. The molecule has 2 aromatic rings. The zero-order chi connectivity index (χ0) is 25.5. The molecule has 1 amide bonds. The van der Waals surface area contributed by atoms with E-state index >= 15 is 0 Å². The Kier molecular flexibility index (Phi) is 7.26. The van der Waals surface area contributed by atoms with E-state index in [2.05, 4.69) is 10.3 Å². The van der Waals surface area contributed by atoms with Crippen LogP contribution in [-0.2, 0) is 16.0 Å². The standard InChI is InChI=1S/C21H20ClF5N2O4S/c1-34(32,33)15-10-28-16(21(25,26)27)9-13(15)19(30)29-18(12-3-2-4-14(24)17(12)22)20(31)7-5-11(23)6-8-20/h2-4,9-11,18,31H,5-8H2,1H3,(H,29,30)/t11-,18?,20-. The molecule has 1 unspecified atom stereocenters. The van der Waals surface area contributed by atoms with Gasteiger partial charge in [0.15, 0.2) is 9.84 Å². The molecule has 1 aliphatic rings. The predicted molar refractivity (Wildman–Crippen MR) is 112 cm³/mol. The highest BCUT2D eigenvalue weighted by Crippen LogP contribution is 2.42. The molecular weight excluding hydrogens is 507 g/mol. The first-order valence-electron chi connectivity index (χ1n) is 10.0. The summed E-state index contributed by atoms with van der Waals surface area (Å²) in [5, 5.41) is 13.1. The van der Waals surface area contributed by atoms with Crippen LogP contribution in [0.15, 0.2) is 35.4 Å². The number of aliphatic hydroxyl groups is 1. The summed E-state index contributed by atoms with van der Waals surface area (Å²) in [5.74, 6) is -2.18. The van der Waals surface area contributed by atoms with Crippen LogP contribution in [0.2, 0.25) is 5.02 Å². The number of rotatable bonds is 5. The Balaban J connectivity index is 2.12. The van der Waals surface area contributed by atoms with Crippen molar-refractivity contribution in [3.8, 4) is 0 Å². The molecule has 1 aromatic heterocycles. The minimum absolute atomic E-state index is 0.0854. The van der Waals surface area contributed by atoms with Crippen LogP contribution in [0.25, 0.3) is 0 Å². The number of alkyl halides is 4. The maximum Gasteiger partial charge on any atom is 0.433 e. The molecule has 34 heavy (non-hydrogen) atoms. The third kappa shape index (κ3) is 5.49. The molecule has 0 saturated heterocycles. The normalized spacial score (nSPS) is 22.3. The van der Waals surface area contributed by atoms with Crippen LogP contribution in [0.4, 0.5) is 22.0 Å². The minimum atomic E-state index is -4.98. The Morgan fingerprint density at radius 1 is 1.29 bits per heavy atom. The van der Waals surface area contributed by atoms with Gasteiger partial charge in [-0.3, -0.25) is 9.78 Å². The van der Waals surface area contributed by atoms with Gasteiger partial charge in [0.1, 0.15) is 17.7 Å². The number of amides is 1. The molecule has 2 N–H and O–H groups in total. The highest BCUT2D eigenvalue weighted by molar-refractivity contribution is 7.90. The zero-order valence-electron chi connectivity index (χ0n) is 17.7.